The van der Waals surface area contributed by atoms with Crippen LogP contribution >= 0.6 is 0 Å². The van der Waals surface area contributed by atoms with Crippen LogP contribution in [0.15, 0.2) is 47.3 Å². The summed E-state index contributed by atoms with van der Waals surface area (Å²) in [6.45, 7) is 8.97. The molecule has 5 heteroatoms. The highest BCUT2D eigenvalue weighted by molar-refractivity contribution is 5.83. The van der Waals surface area contributed by atoms with E-state index >= 15 is 0 Å². The van der Waals surface area contributed by atoms with Crippen molar-refractivity contribution in [3.63, 3.8) is 0 Å². The number of nitrogens with one attached hydrogen (secondary N) is 2. The van der Waals surface area contributed by atoms with Gasteiger partial charge in [0.1, 0.15) is 0 Å². The number of rotatable bonds is 4. The summed E-state index contributed by atoms with van der Waals surface area (Å²) in [4.78, 5) is 20.3. The van der Waals surface area contributed by atoms with Gasteiger partial charge in [-0.05, 0) is 68.4 Å². The number of pyridine rings is 1. The summed E-state index contributed by atoms with van der Waals surface area (Å²) < 4.78 is 0. The van der Waals surface area contributed by atoms with Gasteiger partial charge in [0.15, 0.2) is 0 Å². The van der Waals surface area contributed by atoms with Crippen molar-refractivity contribution in [2.24, 2.45) is 0 Å². The van der Waals surface area contributed by atoms with Crippen molar-refractivity contribution in [1.29, 1.82) is 0 Å². The third-order valence-electron chi connectivity index (χ3n) is 5.61. The topological polar surface area (TPSA) is 51.4 Å². The fraction of sp³-hybridized carbons (Fsp3) is 0.348. The molecule has 1 aliphatic heterocycles. The molecule has 2 N–H and O–H groups in total. The first-order valence-electron chi connectivity index (χ1n) is 9.90. The molecule has 0 spiro atoms. The van der Waals surface area contributed by atoms with Gasteiger partial charge in [-0.1, -0.05) is 6.07 Å². The zero-order valence-corrected chi connectivity index (χ0v) is 16.9. The minimum atomic E-state index is -0.0287. The van der Waals surface area contributed by atoms with Crippen LogP contribution in [0.3, 0.4) is 0 Å². The average Bonchev–Trinajstić information content (AvgIpc) is 2.67. The van der Waals surface area contributed by atoms with Crippen molar-refractivity contribution in [2.75, 3.05) is 43.4 Å². The Labute approximate surface area is 166 Å². The summed E-state index contributed by atoms with van der Waals surface area (Å²) >= 11 is 0. The normalized spacial score (nSPS) is 15.2. The molecule has 1 saturated heterocycles. The molecule has 0 aliphatic carbocycles. The summed E-state index contributed by atoms with van der Waals surface area (Å²) in [5.74, 6) is 0. The third kappa shape index (κ3) is 3.90. The molecule has 1 fully saturated rings. The maximum atomic E-state index is 12.5. The number of hydrogen-bond donors (Lipinski definition) is 2. The van der Waals surface area contributed by atoms with E-state index in [0.717, 1.165) is 53.9 Å². The molecular formula is C23H28N4O. The highest BCUT2D eigenvalue weighted by atomic mass is 16.1. The fourth-order valence-electron chi connectivity index (χ4n) is 3.90. The Balaban J connectivity index is 1.47. The largest absolute Gasteiger partial charge is 0.381 e. The van der Waals surface area contributed by atoms with Gasteiger partial charge in [-0.25, -0.2) is 0 Å². The lowest BCUT2D eigenvalue weighted by molar-refractivity contribution is 0.313. The van der Waals surface area contributed by atoms with E-state index in [0.29, 0.717) is 6.54 Å². The van der Waals surface area contributed by atoms with E-state index in [4.69, 9.17) is 0 Å². The maximum absolute atomic E-state index is 12.5. The third-order valence-corrected chi connectivity index (χ3v) is 5.61. The first-order chi connectivity index (χ1) is 13.5. The maximum Gasteiger partial charge on any atom is 0.253 e. The summed E-state index contributed by atoms with van der Waals surface area (Å²) in [7, 11) is 2.17. The molecule has 0 unspecified atom stereocenters. The first-order valence-corrected chi connectivity index (χ1v) is 9.90. The minimum absolute atomic E-state index is 0.0287. The number of aromatic nitrogens is 1. The molecule has 146 valence electrons. The molecule has 1 aromatic heterocycles. The van der Waals surface area contributed by atoms with E-state index in [1.54, 1.807) is 0 Å². The van der Waals surface area contributed by atoms with Gasteiger partial charge in [0.05, 0.1) is 0 Å². The Hall–Kier alpha value is -2.79. The molecule has 0 saturated carbocycles. The van der Waals surface area contributed by atoms with Gasteiger partial charge in [-0.15, -0.1) is 0 Å². The molecule has 5 nitrogen and oxygen atoms in total. The Morgan fingerprint density at radius 2 is 1.71 bits per heavy atom. The molecule has 2 aromatic carbocycles. The predicted molar refractivity (Wildman–Crippen MR) is 118 cm³/mol. The highest BCUT2D eigenvalue weighted by Crippen LogP contribution is 2.21. The van der Waals surface area contributed by atoms with Gasteiger partial charge in [0.2, 0.25) is 0 Å². The summed E-state index contributed by atoms with van der Waals surface area (Å²) in [5, 5.41) is 4.49. The van der Waals surface area contributed by atoms with Crippen molar-refractivity contribution < 1.29 is 0 Å². The number of anilines is 2. The molecule has 28 heavy (non-hydrogen) atoms. The van der Waals surface area contributed by atoms with Crippen molar-refractivity contribution in [1.82, 2.24) is 9.88 Å². The fourth-order valence-corrected chi connectivity index (χ4v) is 3.90. The van der Waals surface area contributed by atoms with Crippen LogP contribution in [-0.2, 0) is 6.54 Å². The van der Waals surface area contributed by atoms with Crippen LogP contribution in [0.4, 0.5) is 11.4 Å². The van der Waals surface area contributed by atoms with Crippen molar-refractivity contribution in [3.8, 4) is 0 Å². The van der Waals surface area contributed by atoms with Gasteiger partial charge in [0, 0.05) is 60.6 Å². The van der Waals surface area contributed by atoms with Crippen LogP contribution < -0.4 is 15.8 Å². The van der Waals surface area contributed by atoms with E-state index < -0.39 is 0 Å². The quantitative estimate of drug-likeness (QED) is 0.732. The monoisotopic (exact) mass is 376 g/mol. The van der Waals surface area contributed by atoms with Gasteiger partial charge in [-0.3, -0.25) is 4.79 Å². The van der Waals surface area contributed by atoms with E-state index in [-0.39, 0.29) is 5.56 Å². The molecule has 2 heterocycles. The van der Waals surface area contributed by atoms with E-state index in [9.17, 15) is 4.79 Å². The zero-order valence-electron chi connectivity index (χ0n) is 16.9. The Morgan fingerprint density at radius 3 is 2.43 bits per heavy atom. The molecule has 0 atom stereocenters. The second kappa shape index (κ2) is 7.68. The van der Waals surface area contributed by atoms with Crippen LogP contribution in [0, 0.1) is 13.8 Å². The molecule has 0 radical (unpaired) electrons. The van der Waals surface area contributed by atoms with Gasteiger partial charge in [0.25, 0.3) is 5.56 Å². The number of hydrogen-bond acceptors (Lipinski definition) is 4. The molecule has 4 rings (SSSR count). The van der Waals surface area contributed by atoms with Gasteiger partial charge >= 0.3 is 0 Å². The number of likely N-dealkylation sites (N-methyl/N-ethyl adjacent to an activating group) is 1. The van der Waals surface area contributed by atoms with Crippen LogP contribution in [0.2, 0.25) is 0 Å². The molecular weight excluding hydrogens is 348 g/mol. The van der Waals surface area contributed by atoms with E-state index in [2.05, 4.69) is 64.4 Å². The number of nitrogens with zero attached hydrogens (tertiary/aromatic N) is 2. The number of aromatic amines is 1. The van der Waals surface area contributed by atoms with Crippen LogP contribution in [-0.4, -0.2) is 43.1 Å². The summed E-state index contributed by atoms with van der Waals surface area (Å²) in [6.07, 6.45) is 0. The Kier molecular flexibility index (Phi) is 5.09. The number of H-pyrrole nitrogens is 1. The molecule has 0 bridgehead atoms. The SMILES string of the molecule is Cc1cc(C)c2cc(CNc3ccc(N4CCN(C)CC4)cc3)c(=O)[nH]c2c1. The number of piperazine rings is 1. The lowest BCUT2D eigenvalue weighted by atomic mass is 10.0. The molecule has 1 aliphatic rings. The second-order valence-electron chi connectivity index (χ2n) is 7.86. The van der Waals surface area contributed by atoms with Gasteiger partial charge in [-0.2, -0.15) is 0 Å². The standard InChI is InChI=1S/C23H28N4O/c1-16-12-17(2)21-14-18(23(28)25-22(21)13-16)15-24-19-4-6-20(7-5-19)27-10-8-26(3)9-11-27/h4-7,12-14,24H,8-11,15H2,1-3H3,(H,25,28). The van der Waals surface area contributed by atoms with Crippen LogP contribution in [0.25, 0.3) is 10.9 Å². The lowest BCUT2D eigenvalue weighted by Gasteiger charge is -2.34. The van der Waals surface area contributed by atoms with E-state index in [1.807, 2.05) is 19.1 Å². The second-order valence-corrected chi connectivity index (χ2v) is 7.86. The van der Waals surface area contributed by atoms with Crippen LogP contribution in [0.5, 0.6) is 0 Å². The lowest BCUT2D eigenvalue weighted by Crippen LogP contribution is -2.44. The average molecular weight is 377 g/mol. The van der Waals surface area contributed by atoms with Crippen LogP contribution in [0.1, 0.15) is 16.7 Å². The summed E-state index contributed by atoms with van der Waals surface area (Å²) in [5.41, 5.74) is 6.26. The molecule has 3 aromatic rings. The number of fused-ring (bicyclic) bond motifs is 1. The predicted octanol–water partition coefficient (Wildman–Crippen LogP) is 3.51. The number of benzene rings is 2. The summed E-state index contributed by atoms with van der Waals surface area (Å²) in [6, 6.07) is 14.7. The smallest absolute Gasteiger partial charge is 0.253 e. The van der Waals surface area contributed by atoms with Crippen molar-refractivity contribution in [2.45, 2.75) is 20.4 Å². The van der Waals surface area contributed by atoms with Crippen molar-refractivity contribution in [3.05, 3.63) is 69.5 Å². The number of aryl methyl sites for hydroxylation is 2. The zero-order chi connectivity index (χ0) is 19.7. The Bertz CT molecular complexity index is 1030. The highest BCUT2D eigenvalue weighted by Gasteiger charge is 2.14. The minimum Gasteiger partial charge on any atom is -0.381 e. The van der Waals surface area contributed by atoms with E-state index in [1.165, 1.54) is 11.3 Å². The van der Waals surface area contributed by atoms with Gasteiger partial charge < -0.3 is 20.1 Å². The first kappa shape index (κ1) is 18.6. The molecule has 0 amide bonds. The Morgan fingerprint density at radius 1 is 1.00 bits per heavy atom. The van der Waals surface area contributed by atoms with Crippen molar-refractivity contribution >= 4 is 22.3 Å².